The van der Waals surface area contributed by atoms with E-state index >= 15 is 0 Å². The van der Waals surface area contributed by atoms with Crippen LogP contribution in [0.2, 0.25) is 0 Å². The van der Waals surface area contributed by atoms with E-state index in [9.17, 15) is 0 Å². The number of azo groups is 1. The van der Waals surface area contributed by atoms with E-state index in [4.69, 9.17) is 0 Å². The summed E-state index contributed by atoms with van der Waals surface area (Å²) in [6, 6.07) is 19.2. The van der Waals surface area contributed by atoms with Crippen molar-refractivity contribution in [2.75, 3.05) is 0 Å². The summed E-state index contributed by atoms with van der Waals surface area (Å²) in [5, 5.41) is 8.84. The second kappa shape index (κ2) is 5.38. The first-order valence-corrected chi connectivity index (χ1v) is 7.80. The fourth-order valence-corrected chi connectivity index (χ4v) is 3.11. The second-order valence-corrected chi connectivity index (χ2v) is 6.03. The number of nitrogens with zero attached hydrogens (tertiary/aromatic N) is 2. The molecule has 22 heavy (non-hydrogen) atoms. The van der Waals surface area contributed by atoms with Gasteiger partial charge in [-0.15, -0.1) is 0 Å². The number of hydrogen-bond acceptors (Lipinski definition) is 2. The lowest BCUT2D eigenvalue weighted by Crippen LogP contribution is -2.02. The van der Waals surface area contributed by atoms with Crippen LogP contribution < -0.4 is 0 Å². The van der Waals surface area contributed by atoms with Gasteiger partial charge in [-0.05, 0) is 29.0 Å². The average Bonchev–Trinajstić information content (AvgIpc) is 2.99. The third kappa shape index (κ3) is 2.31. The minimum absolute atomic E-state index is 0.0728. The standard InChI is InChI=1S/C20H18N2/c1-14-7-12-18-19(13-14)21-22-20(18)17-10-8-16(9-11-17)15-5-3-2-4-6-15/h2-6,8-14,20H,7H2,1H3. The van der Waals surface area contributed by atoms with Gasteiger partial charge in [0.2, 0.25) is 0 Å². The van der Waals surface area contributed by atoms with Gasteiger partial charge < -0.3 is 0 Å². The summed E-state index contributed by atoms with van der Waals surface area (Å²) in [6.07, 6.45) is 5.62. The molecule has 0 fully saturated rings. The van der Waals surface area contributed by atoms with Crippen molar-refractivity contribution < 1.29 is 0 Å². The molecule has 108 valence electrons. The van der Waals surface area contributed by atoms with Crippen LogP contribution in [0.5, 0.6) is 0 Å². The van der Waals surface area contributed by atoms with E-state index in [1.165, 1.54) is 22.3 Å². The maximum absolute atomic E-state index is 4.48. The molecular formula is C20H18N2. The summed E-state index contributed by atoms with van der Waals surface area (Å²) in [5.74, 6) is 0.567. The Morgan fingerprint density at radius 1 is 0.909 bits per heavy atom. The van der Waals surface area contributed by atoms with E-state index in [-0.39, 0.29) is 6.04 Å². The van der Waals surface area contributed by atoms with Crippen molar-refractivity contribution in [1.82, 2.24) is 0 Å². The Bertz CT molecular complexity index is 767. The van der Waals surface area contributed by atoms with Gasteiger partial charge in [0, 0.05) is 5.57 Å². The molecule has 0 saturated heterocycles. The van der Waals surface area contributed by atoms with Crippen LogP contribution in [-0.4, -0.2) is 0 Å². The van der Waals surface area contributed by atoms with Crippen LogP contribution in [0, 0.1) is 5.92 Å². The fraction of sp³-hybridized carbons (Fsp3) is 0.200. The smallest absolute Gasteiger partial charge is 0.123 e. The average molecular weight is 286 g/mol. The van der Waals surface area contributed by atoms with Crippen molar-refractivity contribution in [2.45, 2.75) is 19.4 Å². The molecule has 0 saturated carbocycles. The number of rotatable bonds is 2. The predicted molar refractivity (Wildman–Crippen MR) is 89.4 cm³/mol. The van der Waals surface area contributed by atoms with E-state index in [1.54, 1.807) is 0 Å². The van der Waals surface area contributed by atoms with Crippen molar-refractivity contribution in [3.8, 4) is 11.1 Å². The Hall–Kier alpha value is -2.48. The van der Waals surface area contributed by atoms with Crippen LogP contribution in [0.4, 0.5) is 0 Å². The van der Waals surface area contributed by atoms with E-state index in [0.717, 1.165) is 12.1 Å². The van der Waals surface area contributed by atoms with Gasteiger partial charge in [0.15, 0.2) is 0 Å². The maximum Gasteiger partial charge on any atom is 0.123 e. The van der Waals surface area contributed by atoms with E-state index < -0.39 is 0 Å². The van der Waals surface area contributed by atoms with Crippen LogP contribution in [-0.2, 0) is 0 Å². The Balaban J connectivity index is 1.63. The molecule has 2 aromatic carbocycles. The van der Waals surface area contributed by atoms with Gasteiger partial charge >= 0.3 is 0 Å². The zero-order valence-electron chi connectivity index (χ0n) is 12.6. The maximum atomic E-state index is 4.48. The van der Waals surface area contributed by atoms with Gasteiger partial charge in [-0.3, -0.25) is 0 Å². The third-order valence-corrected chi connectivity index (χ3v) is 4.36. The van der Waals surface area contributed by atoms with Crippen LogP contribution in [0.15, 0.2) is 88.2 Å². The summed E-state index contributed by atoms with van der Waals surface area (Å²) >= 11 is 0. The van der Waals surface area contributed by atoms with Crippen molar-refractivity contribution in [3.63, 3.8) is 0 Å². The highest BCUT2D eigenvalue weighted by atomic mass is 15.2. The number of allylic oxidation sites excluding steroid dienone is 2. The van der Waals surface area contributed by atoms with Crippen LogP contribution >= 0.6 is 0 Å². The zero-order chi connectivity index (χ0) is 14.9. The molecule has 2 nitrogen and oxygen atoms in total. The number of fused-ring (bicyclic) bond motifs is 1. The fourth-order valence-electron chi connectivity index (χ4n) is 3.11. The van der Waals surface area contributed by atoms with Crippen molar-refractivity contribution in [3.05, 3.63) is 83.6 Å². The van der Waals surface area contributed by atoms with Crippen molar-refractivity contribution in [2.24, 2.45) is 16.1 Å². The molecule has 0 aromatic heterocycles. The Morgan fingerprint density at radius 2 is 1.64 bits per heavy atom. The van der Waals surface area contributed by atoms with E-state index in [1.807, 2.05) is 6.07 Å². The molecule has 0 N–H and O–H groups in total. The Morgan fingerprint density at radius 3 is 2.41 bits per heavy atom. The molecule has 0 amide bonds. The summed E-state index contributed by atoms with van der Waals surface area (Å²) in [5.41, 5.74) is 6.03. The molecule has 2 aromatic rings. The number of benzene rings is 2. The summed E-state index contributed by atoms with van der Waals surface area (Å²) in [6.45, 7) is 2.22. The largest absolute Gasteiger partial charge is 0.175 e. The van der Waals surface area contributed by atoms with Crippen molar-refractivity contribution in [1.29, 1.82) is 0 Å². The molecule has 0 bridgehead atoms. The molecule has 1 aliphatic carbocycles. The summed E-state index contributed by atoms with van der Waals surface area (Å²) in [4.78, 5) is 0. The molecule has 2 heteroatoms. The molecule has 1 heterocycles. The molecule has 0 spiro atoms. The molecule has 4 rings (SSSR count). The Labute approximate surface area is 130 Å². The lowest BCUT2D eigenvalue weighted by Gasteiger charge is -2.15. The molecule has 2 unspecified atom stereocenters. The molecule has 2 aliphatic rings. The minimum Gasteiger partial charge on any atom is -0.175 e. The first-order valence-electron chi connectivity index (χ1n) is 7.80. The molecule has 0 radical (unpaired) electrons. The van der Waals surface area contributed by atoms with E-state index in [2.05, 4.69) is 77.8 Å². The third-order valence-electron chi connectivity index (χ3n) is 4.36. The minimum atomic E-state index is 0.0728. The summed E-state index contributed by atoms with van der Waals surface area (Å²) < 4.78 is 0. The monoisotopic (exact) mass is 286 g/mol. The van der Waals surface area contributed by atoms with E-state index in [0.29, 0.717) is 5.92 Å². The summed E-state index contributed by atoms with van der Waals surface area (Å²) in [7, 11) is 0. The topological polar surface area (TPSA) is 24.7 Å². The van der Waals surface area contributed by atoms with Crippen LogP contribution in [0.1, 0.15) is 24.9 Å². The van der Waals surface area contributed by atoms with Crippen molar-refractivity contribution >= 4 is 0 Å². The van der Waals surface area contributed by atoms with Gasteiger partial charge in [0.05, 0.1) is 5.70 Å². The zero-order valence-corrected chi connectivity index (χ0v) is 12.6. The van der Waals surface area contributed by atoms with Gasteiger partial charge in [0.25, 0.3) is 0 Å². The lowest BCUT2D eigenvalue weighted by molar-refractivity contribution is 0.715. The normalized spacial score (nSPS) is 23.0. The highest BCUT2D eigenvalue weighted by Crippen LogP contribution is 2.41. The van der Waals surface area contributed by atoms with Gasteiger partial charge in [-0.2, -0.15) is 10.2 Å². The molecular weight excluding hydrogens is 268 g/mol. The molecule has 1 aliphatic heterocycles. The van der Waals surface area contributed by atoms with Crippen LogP contribution in [0.25, 0.3) is 11.1 Å². The highest BCUT2D eigenvalue weighted by Gasteiger charge is 2.27. The first kappa shape index (κ1) is 13.2. The lowest BCUT2D eigenvalue weighted by atomic mass is 9.89. The molecule has 2 atom stereocenters. The van der Waals surface area contributed by atoms with Crippen LogP contribution in [0.3, 0.4) is 0 Å². The quantitative estimate of drug-likeness (QED) is 0.675. The van der Waals surface area contributed by atoms with Gasteiger partial charge in [0.1, 0.15) is 6.04 Å². The SMILES string of the molecule is CC1C=C2N=NC(c3ccc(-c4ccccc4)cc3)C2=CC1. The predicted octanol–water partition coefficient (Wildman–Crippen LogP) is 5.71. The van der Waals surface area contributed by atoms with Gasteiger partial charge in [-0.25, -0.2) is 0 Å². The van der Waals surface area contributed by atoms with Gasteiger partial charge in [-0.1, -0.05) is 73.7 Å². The highest BCUT2D eigenvalue weighted by molar-refractivity contribution is 5.64. The first-order chi connectivity index (χ1) is 10.8. The Kier molecular flexibility index (Phi) is 3.23. The second-order valence-electron chi connectivity index (χ2n) is 6.03. The number of hydrogen-bond donors (Lipinski definition) is 0.